The number of fused-ring (bicyclic) bond motifs is 1. The van der Waals surface area contributed by atoms with Crippen LogP contribution in [0.2, 0.25) is 5.15 Å². The summed E-state index contributed by atoms with van der Waals surface area (Å²) in [6, 6.07) is 13.5. The van der Waals surface area contributed by atoms with Gasteiger partial charge in [0, 0.05) is 5.56 Å². The molecule has 3 aromatic rings. The molecule has 0 fully saturated rings. The highest BCUT2D eigenvalue weighted by atomic mass is 35.5. The lowest BCUT2D eigenvalue weighted by molar-refractivity contribution is 0.616. The second-order valence-corrected chi connectivity index (χ2v) is 3.88. The summed E-state index contributed by atoms with van der Waals surface area (Å²) in [5, 5.41) is 0.478. The Hall–Kier alpha value is -1.80. The van der Waals surface area contributed by atoms with Crippen LogP contribution in [0.3, 0.4) is 0 Å². The summed E-state index contributed by atoms with van der Waals surface area (Å²) >= 11 is 5.88. The Morgan fingerprint density at radius 2 is 1.81 bits per heavy atom. The minimum atomic E-state index is 0.478. The van der Waals surface area contributed by atoms with Crippen molar-refractivity contribution in [3.8, 4) is 11.1 Å². The van der Waals surface area contributed by atoms with E-state index in [-0.39, 0.29) is 0 Å². The maximum absolute atomic E-state index is 5.88. The molecule has 0 aliphatic rings. The van der Waals surface area contributed by atoms with Gasteiger partial charge in [0.2, 0.25) is 0 Å². The van der Waals surface area contributed by atoms with Gasteiger partial charge in [0.25, 0.3) is 0 Å². The van der Waals surface area contributed by atoms with Crippen LogP contribution in [-0.4, -0.2) is 4.98 Å². The molecule has 0 atom stereocenters. The average Bonchev–Trinajstić information content (AvgIpc) is 2.73. The molecular weight excluding hydrogens is 222 g/mol. The van der Waals surface area contributed by atoms with Crippen molar-refractivity contribution in [2.24, 2.45) is 0 Å². The molecule has 0 aliphatic carbocycles. The molecule has 0 aliphatic heterocycles. The number of halogens is 1. The fourth-order valence-corrected chi connectivity index (χ4v) is 1.86. The zero-order valence-corrected chi connectivity index (χ0v) is 9.11. The van der Waals surface area contributed by atoms with Crippen molar-refractivity contribution in [2.45, 2.75) is 0 Å². The molecule has 0 N–H and O–H groups in total. The molecule has 3 rings (SSSR count). The second-order valence-electron chi connectivity index (χ2n) is 3.50. The van der Waals surface area contributed by atoms with Crippen LogP contribution in [-0.2, 0) is 0 Å². The summed E-state index contributed by atoms with van der Waals surface area (Å²) in [7, 11) is 0. The average molecular weight is 230 g/mol. The molecule has 78 valence electrons. The quantitative estimate of drug-likeness (QED) is 0.586. The molecule has 0 spiro atoms. The fraction of sp³-hybridized carbons (Fsp3) is 0. The third-order valence-electron chi connectivity index (χ3n) is 2.47. The van der Waals surface area contributed by atoms with E-state index in [4.69, 9.17) is 16.0 Å². The Labute approximate surface area is 97.5 Å². The fourth-order valence-electron chi connectivity index (χ4n) is 1.71. The van der Waals surface area contributed by atoms with Gasteiger partial charge in [0.05, 0.1) is 0 Å². The van der Waals surface area contributed by atoms with Gasteiger partial charge >= 0.3 is 0 Å². The van der Waals surface area contributed by atoms with Gasteiger partial charge in [-0.3, -0.25) is 0 Å². The number of pyridine rings is 1. The van der Waals surface area contributed by atoms with Crippen LogP contribution in [0.15, 0.2) is 53.1 Å². The lowest BCUT2D eigenvalue weighted by atomic mass is 10.1. The number of nitrogens with zero attached hydrogens (tertiary/aromatic N) is 1. The Morgan fingerprint density at radius 3 is 2.62 bits per heavy atom. The van der Waals surface area contributed by atoms with Crippen molar-refractivity contribution in [2.75, 3.05) is 0 Å². The van der Waals surface area contributed by atoms with E-state index in [1.807, 2.05) is 36.4 Å². The first-order chi connectivity index (χ1) is 7.84. The minimum absolute atomic E-state index is 0.478. The molecule has 3 heteroatoms. The summed E-state index contributed by atoms with van der Waals surface area (Å²) in [6.07, 6.45) is 1.71. The Balaban J connectivity index is 2.29. The zero-order valence-electron chi connectivity index (χ0n) is 8.35. The predicted molar refractivity (Wildman–Crippen MR) is 64.5 cm³/mol. The number of benzene rings is 1. The van der Waals surface area contributed by atoms with Gasteiger partial charge in [-0.25, -0.2) is 4.98 Å². The summed E-state index contributed by atoms with van der Waals surface area (Å²) in [4.78, 5) is 4.28. The first kappa shape index (κ1) is 9.43. The second kappa shape index (κ2) is 3.65. The van der Waals surface area contributed by atoms with Crippen LogP contribution in [0, 0.1) is 0 Å². The van der Waals surface area contributed by atoms with Crippen molar-refractivity contribution < 1.29 is 4.42 Å². The SMILES string of the molecule is Clc1ccc2occ(-c3ccccc3)c2n1. The summed E-state index contributed by atoms with van der Waals surface area (Å²) < 4.78 is 5.44. The molecule has 16 heavy (non-hydrogen) atoms. The van der Waals surface area contributed by atoms with Gasteiger partial charge in [0.15, 0.2) is 5.58 Å². The number of rotatable bonds is 1. The van der Waals surface area contributed by atoms with E-state index < -0.39 is 0 Å². The summed E-state index contributed by atoms with van der Waals surface area (Å²) in [6.45, 7) is 0. The molecule has 0 bridgehead atoms. The summed E-state index contributed by atoms with van der Waals surface area (Å²) in [5.41, 5.74) is 3.61. The van der Waals surface area contributed by atoms with E-state index >= 15 is 0 Å². The Morgan fingerprint density at radius 1 is 1.00 bits per heavy atom. The number of furan rings is 1. The van der Waals surface area contributed by atoms with Crippen molar-refractivity contribution in [1.29, 1.82) is 0 Å². The van der Waals surface area contributed by atoms with Crippen molar-refractivity contribution in [3.63, 3.8) is 0 Å². The van der Waals surface area contributed by atoms with Gasteiger partial charge in [-0.1, -0.05) is 41.9 Å². The lowest BCUT2D eigenvalue weighted by Gasteiger charge is -1.96. The lowest BCUT2D eigenvalue weighted by Crippen LogP contribution is -1.79. The molecule has 2 aromatic heterocycles. The third kappa shape index (κ3) is 1.48. The predicted octanol–water partition coefficient (Wildman–Crippen LogP) is 4.15. The molecule has 0 saturated heterocycles. The van der Waals surface area contributed by atoms with Gasteiger partial charge in [-0.2, -0.15) is 0 Å². The van der Waals surface area contributed by atoms with E-state index in [1.54, 1.807) is 12.3 Å². The van der Waals surface area contributed by atoms with Gasteiger partial charge in [0.1, 0.15) is 16.9 Å². The standard InChI is InChI=1S/C13H8ClNO/c14-12-7-6-11-13(15-12)10(8-16-11)9-4-2-1-3-5-9/h1-8H. The molecular formula is C13H8ClNO. The number of aromatic nitrogens is 1. The molecule has 0 unspecified atom stereocenters. The van der Waals surface area contributed by atoms with Crippen molar-refractivity contribution in [1.82, 2.24) is 4.98 Å². The molecule has 2 heterocycles. The minimum Gasteiger partial charge on any atom is -0.462 e. The summed E-state index contributed by atoms with van der Waals surface area (Å²) in [5.74, 6) is 0. The maximum Gasteiger partial charge on any atom is 0.153 e. The molecule has 1 aromatic carbocycles. The Bertz CT molecular complexity index is 631. The van der Waals surface area contributed by atoms with E-state index in [0.29, 0.717) is 5.15 Å². The number of hydrogen-bond acceptors (Lipinski definition) is 2. The molecule has 0 saturated carbocycles. The molecule has 0 amide bonds. The van der Waals surface area contributed by atoms with Crippen LogP contribution in [0.25, 0.3) is 22.2 Å². The first-order valence-electron chi connectivity index (χ1n) is 4.94. The van der Waals surface area contributed by atoms with Gasteiger partial charge < -0.3 is 4.42 Å². The van der Waals surface area contributed by atoms with Gasteiger partial charge in [-0.15, -0.1) is 0 Å². The van der Waals surface area contributed by atoms with E-state index in [9.17, 15) is 0 Å². The van der Waals surface area contributed by atoms with Crippen molar-refractivity contribution in [3.05, 3.63) is 53.9 Å². The molecule has 0 radical (unpaired) electrons. The van der Waals surface area contributed by atoms with Crippen molar-refractivity contribution >= 4 is 22.7 Å². The third-order valence-corrected chi connectivity index (χ3v) is 2.68. The van der Waals surface area contributed by atoms with E-state index in [2.05, 4.69) is 4.98 Å². The molecule has 2 nitrogen and oxygen atoms in total. The maximum atomic E-state index is 5.88. The zero-order chi connectivity index (χ0) is 11.0. The first-order valence-corrected chi connectivity index (χ1v) is 5.31. The highest BCUT2D eigenvalue weighted by Gasteiger charge is 2.09. The van der Waals surface area contributed by atoms with Crippen LogP contribution in [0.1, 0.15) is 0 Å². The van der Waals surface area contributed by atoms with Crippen LogP contribution in [0.5, 0.6) is 0 Å². The normalized spacial score (nSPS) is 10.8. The van der Waals surface area contributed by atoms with Crippen LogP contribution in [0.4, 0.5) is 0 Å². The number of hydrogen-bond donors (Lipinski definition) is 0. The highest BCUT2D eigenvalue weighted by Crippen LogP contribution is 2.29. The van der Waals surface area contributed by atoms with E-state index in [1.165, 1.54) is 0 Å². The largest absolute Gasteiger partial charge is 0.462 e. The highest BCUT2D eigenvalue weighted by molar-refractivity contribution is 6.29. The van der Waals surface area contributed by atoms with Crippen LogP contribution >= 0.6 is 11.6 Å². The van der Waals surface area contributed by atoms with Gasteiger partial charge in [-0.05, 0) is 17.7 Å². The van der Waals surface area contributed by atoms with E-state index in [0.717, 1.165) is 22.2 Å². The monoisotopic (exact) mass is 229 g/mol. The van der Waals surface area contributed by atoms with Crippen LogP contribution < -0.4 is 0 Å². The smallest absolute Gasteiger partial charge is 0.153 e. The Kier molecular flexibility index (Phi) is 2.15. The topological polar surface area (TPSA) is 26.0 Å².